The van der Waals surface area contributed by atoms with Crippen molar-refractivity contribution in [1.82, 2.24) is 0 Å². The van der Waals surface area contributed by atoms with E-state index in [1.54, 1.807) is 6.92 Å². The molecule has 0 aliphatic heterocycles. The fraction of sp³-hybridized carbons (Fsp3) is 0.300. The van der Waals surface area contributed by atoms with Gasteiger partial charge in [0.25, 0.3) is 5.69 Å². The second-order valence-electron chi connectivity index (χ2n) is 3.41. The Labute approximate surface area is 92.7 Å². The molecule has 6 nitrogen and oxygen atoms in total. The number of ether oxygens (including phenoxy) is 1. The van der Waals surface area contributed by atoms with Crippen molar-refractivity contribution in [1.29, 1.82) is 5.41 Å². The molecule has 86 valence electrons. The first-order valence-corrected chi connectivity index (χ1v) is 4.73. The summed E-state index contributed by atoms with van der Waals surface area (Å²) in [6.45, 7) is 1.78. The monoisotopic (exact) mass is 223 g/mol. The SMILES string of the molecule is CC(CC(=N)N)Oc1ccc([N+](=O)[O-])cc1. The van der Waals surface area contributed by atoms with Gasteiger partial charge in [0.15, 0.2) is 0 Å². The van der Waals surface area contributed by atoms with Crippen LogP contribution in [0.4, 0.5) is 5.69 Å². The third-order valence-electron chi connectivity index (χ3n) is 1.89. The Bertz CT molecular complexity index is 389. The number of nitro benzene ring substituents is 1. The van der Waals surface area contributed by atoms with Crippen LogP contribution in [0.1, 0.15) is 13.3 Å². The van der Waals surface area contributed by atoms with Crippen LogP contribution in [-0.4, -0.2) is 16.9 Å². The zero-order chi connectivity index (χ0) is 12.1. The average Bonchev–Trinajstić information content (AvgIpc) is 2.16. The van der Waals surface area contributed by atoms with Crippen molar-refractivity contribution in [2.75, 3.05) is 0 Å². The van der Waals surface area contributed by atoms with Gasteiger partial charge >= 0.3 is 0 Å². The van der Waals surface area contributed by atoms with Crippen LogP contribution in [0.25, 0.3) is 0 Å². The summed E-state index contributed by atoms with van der Waals surface area (Å²) < 4.78 is 5.42. The molecule has 0 aliphatic rings. The predicted octanol–water partition coefficient (Wildman–Crippen LogP) is 1.69. The Kier molecular flexibility index (Phi) is 3.82. The third kappa shape index (κ3) is 3.56. The minimum absolute atomic E-state index is 0.0200. The molecule has 1 atom stereocenters. The highest BCUT2D eigenvalue weighted by Gasteiger charge is 2.08. The van der Waals surface area contributed by atoms with E-state index in [9.17, 15) is 10.1 Å². The van der Waals surface area contributed by atoms with Crippen molar-refractivity contribution >= 4 is 11.5 Å². The number of nitrogens with one attached hydrogen (secondary N) is 1. The minimum Gasteiger partial charge on any atom is -0.490 e. The molecule has 1 rings (SSSR count). The molecule has 0 aliphatic carbocycles. The van der Waals surface area contributed by atoms with Gasteiger partial charge in [-0.15, -0.1) is 0 Å². The number of nitrogens with two attached hydrogens (primary N) is 1. The molecular weight excluding hydrogens is 210 g/mol. The molecule has 0 bridgehead atoms. The number of non-ortho nitro benzene ring substituents is 1. The quantitative estimate of drug-likeness (QED) is 0.343. The summed E-state index contributed by atoms with van der Waals surface area (Å²) in [6.07, 6.45) is 0.107. The van der Waals surface area contributed by atoms with Crippen LogP contribution >= 0.6 is 0 Å². The first-order valence-electron chi connectivity index (χ1n) is 4.73. The topological polar surface area (TPSA) is 102 Å². The van der Waals surface area contributed by atoms with E-state index in [-0.39, 0.29) is 17.6 Å². The first-order chi connectivity index (χ1) is 7.49. The molecular formula is C10H13N3O3. The van der Waals surface area contributed by atoms with E-state index < -0.39 is 4.92 Å². The molecule has 1 aromatic carbocycles. The smallest absolute Gasteiger partial charge is 0.269 e. The van der Waals surface area contributed by atoms with Crippen LogP contribution in [0, 0.1) is 15.5 Å². The van der Waals surface area contributed by atoms with Crippen LogP contribution in [0.3, 0.4) is 0 Å². The van der Waals surface area contributed by atoms with Crippen molar-refractivity contribution < 1.29 is 9.66 Å². The van der Waals surface area contributed by atoms with E-state index in [1.165, 1.54) is 24.3 Å². The van der Waals surface area contributed by atoms with Gasteiger partial charge in [0.1, 0.15) is 11.9 Å². The lowest BCUT2D eigenvalue weighted by Crippen LogP contribution is -2.21. The van der Waals surface area contributed by atoms with E-state index in [4.69, 9.17) is 15.9 Å². The Hall–Kier alpha value is -2.11. The van der Waals surface area contributed by atoms with Crippen LogP contribution in [0.5, 0.6) is 5.75 Å². The second kappa shape index (κ2) is 5.11. The molecule has 0 spiro atoms. The number of nitro groups is 1. The molecule has 16 heavy (non-hydrogen) atoms. The van der Waals surface area contributed by atoms with Gasteiger partial charge in [-0.25, -0.2) is 0 Å². The Balaban J connectivity index is 2.61. The van der Waals surface area contributed by atoms with Gasteiger partial charge in [-0.3, -0.25) is 15.5 Å². The molecule has 3 N–H and O–H groups in total. The zero-order valence-corrected chi connectivity index (χ0v) is 8.84. The zero-order valence-electron chi connectivity index (χ0n) is 8.84. The Morgan fingerprint density at radius 3 is 2.56 bits per heavy atom. The Morgan fingerprint density at radius 2 is 2.12 bits per heavy atom. The van der Waals surface area contributed by atoms with Crippen molar-refractivity contribution in [3.05, 3.63) is 34.4 Å². The van der Waals surface area contributed by atoms with Crippen LogP contribution in [-0.2, 0) is 0 Å². The standard InChI is InChI=1S/C10H13N3O3/c1-7(6-10(11)12)16-9-4-2-8(3-5-9)13(14)15/h2-5,7H,6H2,1H3,(H3,11,12). The lowest BCUT2D eigenvalue weighted by Gasteiger charge is -2.13. The lowest BCUT2D eigenvalue weighted by molar-refractivity contribution is -0.384. The fourth-order valence-electron chi connectivity index (χ4n) is 1.23. The molecule has 0 saturated carbocycles. The van der Waals surface area contributed by atoms with Crippen molar-refractivity contribution in [2.24, 2.45) is 5.73 Å². The maximum atomic E-state index is 10.4. The molecule has 0 amide bonds. The van der Waals surface area contributed by atoms with Gasteiger partial charge in [-0.2, -0.15) is 0 Å². The summed E-state index contributed by atoms with van der Waals surface area (Å²) in [5, 5.41) is 17.5. The van der Waals surface area contributed by atoms with Gasteiger partial charge < -0.3 is 10.5 Å². The van der Waals surface area contributed by atoms with Gasteiger partial charge in [-0.05, 0) is 19.1 Å². The summed E-state index contributed by atoms with van der Waals surface area (Å²) in [7, 11) is 0. The molecule has 1 aromatic rings. The molecule has 0 aromatic heterocycles. The van der Waals surface area contributed by atoms with Crippen LogP contribution < -0.4 is 10.5 Å². The summed E-state index contributed by atoms with van der Waals surface area (Å²) >= 11 is 0. The maximum Gasteiger partial charge on any atom is 0.269 e. The summed E-state index contributed by atoms with van der Waals surface area (Å²) in [6, 6.07) is 5.79. The van der Waals surface area contributed by atoms with E-state index in [1.807, 2.05) is 0 Å². The van der Waals surface area contributed by atoms with Crippen molar-refractivity contribution in [2.45, 2.75) is 19.4 Å². The Morgan fingerprint density at radius 1 is 1.56 bits per heavy atom. The largest absolute Gasteiger partial charge is 0.490 e. The van der Waals surface area contributed by atoms with E-state index in [0.717, 1.165) is 0 Å². The van der Waals surface area contributed by atoms with Crippen LogP contribution in [0.2, 0.25) is 0 Å². The van der Waals surface area contributed by atoms with Gasteiger partial charge in [0, 0.05) is 18.6 Å². The number of benzene rings is 1. The van der Waals surface area contributed by atoms with E-state index in [2.05, 4.69) is 0 Å². The van der Waals surface area contributed by atoms with Gasteiger partial charge in [0.05, 0.1) is 10.8 Å². The molecule has 0 heterocycles. The van der Waals surface area contributed by atoms with Gasteiger partial charge in [0.2, 0.25) is 0 Å². The highest BCUT2D eigenvalue weighted by Crippen LogP contribution is 2.18. The van der Waals surface area contributed by atoms with E-state index in [0.29, 0.717) is 12.2 Å². The van der Waals surface area contributed by atoms with Crippen LogP contribution in [0.15, 0.2) is 24.3 Å². The summed E-state index contributed by atoms with van der Waals surface area (Å²) in [5.41, 5.74) is 5.24. The second-order valence-corrected chi connectivity index (χ2v) is 3.41. The minimum atomic E-state index is -0.469. The predicted molar refractivity (Wildman–Crippen MR) is 59.7 cm³/mol. The third-order valence-corrected chi connectivity index (χ3v) is 1.89. The number of hydrogen-bond donors (Lipinski definition) is 2. The average molecular weight is 223 g/mol. The molecule has 0 saturated heterocycles. The van der Waals surface area contributed by atoms with Crippen molar-refractivity contribution in [3.63, 3.8) is 0 Å². The summed E-state index contributed by atoms with van der Waals surface area (Å²) in [4.78, 5) is 9.93. The maximum absolute atomic E-state index is 10.4. The highest BCUT2D eigenvalue weighted by molar-refractivity contribution is 5.77. The number of amidine groups is 1. The molecule has 0 radical (unpaired) electrons. The normalized spacial score (nSPS) is 11.8. The highest BCUT2D eigenvalue weighted by atomic mass is 16.6. The number of hydrogen-bond acceptors (Lipinski definition) is 4. The lowest BCUT2D eigenvalue weighted by atomic mass is 10.2. The summed E-state index contributed by atoms with van der Waals surface area (Å²) in [5.74, 6) is 0.578. The van der Waals surface area contributed by atoms with Crippen molar-refractivity contribution in [3.8, 4) is 5.75 Å². The fourth-order valence-corrected chi connectivity index (χ4v) is 1.23. The van der Waals surface area contributed by atoms with Gasteiger partial charge in [-0.1, -0.05) is 0 Å². The number of rotatable bonds is 5. The number of nitrogens with zero attached hydrogens (tertiary/aromatic N) is 1. The first kappa shape index (κ1) is 12.0. The van der Waals surface area contributed by atoms with E-state index >= 15 is 0 Å². The molecule has 6 heteroatoms. The molecule has 0 fully saturated rings. The molecule has 1 unspecified atom stereocenters.